The van der Waals surface area contributed by atoms with Gasteiger partial charge in [0.1, 0.15) is 0 Å². The van der Waals surface area contributed by atoms with Crippen LogP contribution in [0.3, 0.4) is 0 Å². The van der Waals surface area contributed by atoms with Crippen LogP contribution in [-0.4, -0.2) is 30.3 Å². The van der Waals surface area contributed by atoms with Gasteiger partial charge in [0.25, 0.3) is 0 Å². The van der Waals surface area contributed by atoms with E-state index in [2.05, 4.69) is 10.6 Å². The summed E-state index contributed by atoms with van der Waals surface area (Å²) in [4.78, 5) is 11.3. The number of hydrogen-bond acceptors (Lipinski definition) is 2. The molecule has 0 heterocycles. The lowest BCUT2D eigenvalue weighted by atomic mass is 9.87. The van der Waals surface area contributed by atoms with E-state index < -0.39 is 6.10 Å². The van der Waals surface area contributed by atoms with E-state index in [1.807, 2.05) is 0 Å². The normalized spacial score (nSPS) is 19.1. The molecule has 0 aliphatic heterocycles. The van der Waals surface area contributed by atoms with Crippen LogP contribution in [0.1, 0.15) is 45.4 Å². The minimum Gasteiger partial charge on any atom is -0.392 e. The summed E-state index contributed by atoms with van der Waals surface area (Å²) in [5, 5.41) is 14.4. The number of aliphatic hydroxyl groups is 1. The Morgan fingerprint density at radius 2 is 2.00 bits per heavy atom. The average Bonchev–Trinajstić information content (AvgIpc) is 2.28. The molecule has 3 N–H and O–H groups in total. The highest BCUT2D eigenvalue weighted by Gasteiger charge is 2.13. The number of carbonyl (C=O) groups excluding carboxylic acids is 1. The van der Waals surface area contributed by atoms with E-state index >= 15 is 0 Å². The lowest BCUT2D eigenvalue weighted by Gasteiger charge is -2.21. The number of amides is 2. The van der Waals surface area contributed by atoms with Gasteiger partial charge >= 0.3 is 6.03 Å². The van der Waals surface area contributed by atoms with Crippen molar-refractivity contribution in [3.8, 4) is 0 Å². The highest BCUT2D eigenvalue weighted by molar-refractivity contribution is 5.73. The highest BCUT2D eigenvalue weighted by atomic mass is 16.3. The summed E-state index contributed by atoms with van der Waals surface area (Å²) in [5.41, 5.74) is 0. The molecule has 1 rings (SSSR count). The molecule has 0 saturated heterocycles. The first-order chi connectivity index (χ1) is 7.68. The van der Waals surface area contributed by atoms with E-state index in [-0.39, 0.29) is 6.03 Å². The van der Waals surface area contributed by atoms with E-state index in [0.29, 0.717) is 6.54 Å². The Balaban J connectivity index is 1.99. The van der Waals surface area contributed by atoms with Gasteiger partial charge in [-0.1, -0.05) is 32.1 Å². The quantitative estimate of drug-likeness (QED) is 0.670. The first-order valence-corrected chi connectivity index (χ1v) is 6.38. The molecule has 0 bridgehead atoms. The van der Waals surface area contributed by atoms with Crippen LogP contribution in [0.4, 0.5) is 4.79 Å². The molecule has 0 spiro atoms. The van der Waals surface area contributed by atoms with E-state index in [4.69, 9.17) is 5.11 Å². The second kappa shape index (κ2) is 7.49. The van der Waals surface area contributed by atoms with Crippen LogP contribution < -0.4 is 10.6 Å². The fraction of sp³-hybridized carbons (Fsp3) is 0.917. The van der Waals surface area contributed by atoms with Crippen molar-refractivity contribution in [3.63, 3.8) is 0 Å². The summed E-state index contributed by atoms with van der Waals surface area (Å²) in [7, 11) is 0. The van der Waals surface area contributed by atoms with E-state index in [9.17, 15) is 4.79 Å². The van der Waals surface area contributed by atoms with Crippen LogP contribution in [0, 0.1) is 5.92 Å². The van der Waals surface area contributed by atoms with Crippen molar-refractivity contribution < 1.29 is 9.90 Å². The number of urea groups is 1. The van der Waals surface area contributed by atoms with Crippen LogP contribution in [0.2, 0.25) is 0 Å². The van der Waals surface area contributed by atoms with Crippen LogP contribution in [0.5, 0.6) is 0 Å². The fourth-order valence-electron chi connectivity index (χ4n) is 2.17. The SMILES string of the molecule is CC(O)CNC(=O)NCCC1CCCCC1. The number of rotatable bonds is 5. The van der Waals surface area contributed by atoms with Gasteiger partial charge in [-0.2, -0.15) is 0 Å². The molecule has 0 radical (unpaired) electrons. The Morgan fingerprint density at radius 3 is 2.62 bits per heavy atom. The lowest BCUT2D eigenvalue weighted by molar-refractivity contribution is 0.187. The zero-order valence-corrected chi connectivity index (χ0v) is 10.2. The molecule has 1 atom stereocenters. The van der Waals surface area contributed by atoms with Crippen LogP contribution in [0.25, 0.3) is 0 Å². The van der Waals surface area contributed by atoms with Gasteiger partial charge < -0.3 is 15.7 Å². The molecule has 2 amide bonds. The van der Waals surface area contributed by atoms with Gasteiger partial charge in [-0.15, -0.1) is 0 Å². The Morgan fingerprint density at radius 1 is 1.31 bits per heavy atom. The molecule has 4 nitrogen and oxygen atoms in total. The molecule has 16 heavy (non-hydrogen) atoms. The maximum Gasteiger partial charge on any atom is 0.314 e. The van der Waals surface area contributed by atoms with Crippen molar-refractivity contribution in [2.24, 2.45) is 5.92 Å². The maximum absolute atomic E-state index is 11.3. The second-order valence-corrected chi connectivity index (χ2v) is 4.78. The van der Waals surface area contributed by atoms with E-state index in [1.54, 1.807) is 6.92 Å². The molecule has 94 valence electrons. The molecule has 1 saturated carbocycles. The van der Waals surface area contributed by atoms with Crippen LogP contribution >= 0.6 is 0 Å². The molecule has 0 aromatic carbocycles. The molecule has 0 aromatic heterocycles. The van der Waals surface area contributed by atoms with Crippen LogP contribution in [0.15, 0.2) is 0 Å². The smallest absolute Gasteiger partial charge is 0.314 e. The van der Waals surface area contributed by atoms with E-state index in [0.717, 1.165) is 18.9 Å². The van der Waals surface area contributed by atoms with Gasteiger partial charge in [-0.25, -0.2) is 4.79 Å². The van der Waals surface area contributed by atoms with Crippen molar-refractivity contribution in [1.29, 1.82) is 0 Å². The third-order valence-electron chi connectivity index (χ3n) is 3.12. The minimum absolute atomic E-state index is 0.170. The largest absolute Gasteiger partial charge is 0.392 e. The number of hydrogen-bond donors (Lipinski definition) is 3. The third kappa shape index (κ3) is 5.95. The van der Waals surface area contributed by atoms with Crippen molar-refractivity contribution >= 4 is 6.03 Å². The molecule has 0 aromatic rings. The molecular weight excluding hydrogens is 204 g/mol. The van der Waals surface area contributed by atoms with Crippen molar-refractivity contribution in [1.82, 2.24) is 10.6 Å². The first-order valence-electron chi connectivity index (χ1n) is 6.38. The summed E-state index contributed by atoms with van der Waals surface area (Å²) in [5.74, 6) is 0.797. The first kappa shape index (κ1) is 13.3. The van der Waals surface area contributed by atoms with Gasteiger partial charge in [-0.3, -0.25) is 0 Å². The van der Waals surface area contributed by atoms with E-state index in [1.165, 1.54) is 32.1 Å². The zero-order chi connectivity index (χ0) is 11.8. The van der Waals surface area contributed by atoms with Crippen molar-refractivity contribution in [3.05, 3.63) is 0 Å². The fourth-order valence-corrected chi connectivity index (χ4v) is 2.17. The predicted octanol–water partition coefficient (Wildman–Crippen LogP) is 1.64. The van der Waals surface area contributed by atoms with Crippen molar-refractivity contribution in [2.45, 2.75) is 51.6 Å². The van der Waals surface area contributed by atoms with Crippen molar-refractivity contribution in [2.75, 3.05) is 13.1 Å². The Bertz CT molecular complexity index is 201. The van der Waals surface area contributed by atoms with Gasteiger partial charge in [0.2, 0.25) is 0 Å². The topological polar surface area (TPSA) is 61.4 Å². The zero-order valence-electron chi connectivity index (χ0n) is 10.2. The number of aliphatic hydroxyl groups excluding tert-OH is 1. The lowest BCUT2D eigenvalue weighted by Crippen LogP contribution is -2.39. The Kier molecular flexibility index (Phi) is 6.23. The molecule has 1 aliphatic rings. The molecule has 1 unspecified atom stereocenters. The summed E-state index contributed by atoms with van der Waals surface area (Å²) in [6.45, 7) is 2.72. The Labute approximate surface area is 97.8 Å². The number of carbonyl (C=O) groups is 1. The summed E-state index contributed by atoms with van der Waals surface area (Å²) < 4.78 is 0. The monoisotopic (exact) mass is 228 g/mol. The van der Waals surface area contributed by atoms with Gasteiger partial charge in [0, 0.05) is 13.1 Å². The second-order valence-electron chi connectivity index (χ2n) is 4.78. The third-order valence-corrected chi connectivity index (χ3v) is 3.12. The van der Waals surface area contributed by atoms with Gasteiger partial charge in [-0.05, 0) is 19.3 Å². The van der Waals surface area contributed by atoms with Gasteiger partial charge in [0.15, 0.2) is 0 Å². The molecular formula is C12H24N2O2. The minimum atomic E-state index is -0.482. The summed E-state index contributed by atoms with van der Waals surface area (Å²) in [6, 6.07) is -0.170. The molecule has 4 heteroatoms. The predicted molar refractivity (Wildman–Crippen MR) is 64.3 cm³/mol. The maximum atomic E-state index is 11.3. The van der Waals surface area contributed by atoms with Crippen LogP contribution in [-0.2, 0) is 0 Å². The number of nitrogens with one attached hydrogen (secondary N) is 2. The molecule has 1 aliphatic carbocycles. The van der Waals surface area contributed by atoms with Gasteiger partial charge in [0.05, 0.1) is 6.10 Å². The summed E-state index contributed by atoms with van der Waals surface area (Å²) in [6.07, 6.45) is 7.30. The average molecular weight is 228 g/mol. The Hall–Kier alpha value is -0.770. The summed E-state index contributed by atoms with van der Waals surface area (Å²) >= 11 is 0. The molecule has 1 fully saturated rings. The standard InChI is InChI=1S/C12H24N2O2/c1-10(15)9-14-12(16)13-8-7-11-5-3-2-4-6-11/h10-11,15H,2-9H2,1H3,(H2,13,14,16). The highest BCUT2D eigenvalue weighted by Crippen LogP contribution is 2.25.